The summed E-state index contributed by atoms with van der Waals surface area (Å²) < 4.78 is 13.4. The van der Waals surface area contributed by atoms with Crippen LogP contribution in [0.2, 0.25) is 0 Å². The molecule has 0 saturated carbocycles. The molecule has 3 heteroatoms. The van der Waals surface area contributed by atoms with Gasteiger partial charge in [-0.3, -0.25) is 0 Å². The van der Waals surface area contributed by atoms with Crippen LogP contribution in [0.4, 0.5) is 17.1 Å². The molecule has 68 heavy (non-hydrogen) atoms. The zero-order valence-electron chi connectivity index (χ0n) is 36.9. The van der Waals surface area contributed by atoms with Gasteiger partial charge in [0, 0.05) is 55.6 Å². The van der Waals surface area contributed by atoms with Gasteiger partial charge in [0.1, 0.15) is 22.3 Å². The minimum Gasteiger partial charge on any atom is -0.456 e. The lowest BCUT2D eigenvalue weighted by Gasteiger charge is -2.34. The summed E-state index contributed by atoms with van der Waals surface area (Å²) in [5.41, 5.74) is 18.1. The summed E-state index contributed by atoms with van der Waals surface area (Å²) in [6, 6.07) is 90.0. The molecule has 14 rings (SSSR count). The summed E-state index contributed by atoms with van der Waals surface area (Å²) in [7, 11) is 0. The molecule has 1 aliphatic rings. The summed E-state index contributed by atoms with van der Waals surface area (Å²) in [4.78, 5) is 2.35. The maximum atomic E-state index is 6.86. The maximum absolute atomic E-state index is 6.86. The van der Waals surface area contributed by atoms with Gasteiger partial charge in [-0.25, -0.2) is 0 Å². The second-order valence-electron chi connectivity index (χ2n) is 18.0. The van der Waals surface area contributed by atoms with Gasteiger partial charge in [0.15, 0.2) is 0 Å². The van der Waals surface area contributed by atoms with E-state index in [9.17, 15) is 0 Å². The molecule has 2 heterocycles. The van der Waals surface area contributed by atoms with Gasteiger partial charge >= 0.3 is 0 Å². The average molecular weight is 868 g/mol. The number of anilines is 3. The van der Waals surface area contributed by atoms with E-state index in [1.807, 2.05) is 12.1 Å². The number of hydrogen-bond acceptors (Lipinski definition) is 3. The zero-order valence-corrected chi connectivity index (χ0v) is 36.9. The van der Waals surface area contributed by atoms with Crippen molar-refractivity contribution in [3.63, 3.8) is 0 Å². The van der Waals surface area contributed by atoms with Gasteiger partial charge in [-0.1, -0.05) is 188 Å². The second-order valence-corrected chi connectivity index (χ2v) is 18.0. The summed E-state index contributed by atoms with van der Waals surface area (Å²) in [5, 5.41) is 6.71. The number of nitrogens with zero attached hydrogens (tertiary/aromatic N) is 1. The second kappa shape index (κ2) is 15.1. The molecule has 0 aliphatic heterocycles. The first-order valence-corrected chi connectivity index (χ1v) is 23.3. The number of benzene rings is 11. The van der Waals surface area contributed by atoms with E-state index >= 15 is 0 Å². The Morgan fingerprint density at radius 2 is 0.868 bits per heavy atom. The van der Waals surface area contributed by atoms with Crippen molar-refractivity contribution in [3.05, 3.63) is 271 Å². The third-order valence-corrected chi connectivity index (χ3v) is 14.3. The highest BCUT2D eigenvalue weighted by atomic mass is 16.3. The number of para-hydroxylation sites is 2. The van der Waals surface area contributed by atoms with Crippen LogP contribution >= 0.6 is 0 Å². The molecule has 0 bridgehead atoms. The summed E-state index contributed by atoms with van der Waals surface area (Å²) >= 11 is 0. The predicted octanol–water partition coefficient (Wildman–Crippen LogP) is 17.8. The first-order valence-electron chi connectivity index (χ1n) is 23.3. The SMILES string of the molecule is c1ccc(C2(c3ccccc3)c3ccccc3-c3ccc(-c4cccc(N(c5cccc(-c6cccc7c6oc6c8ccccc8ccc76)c5)c5ccc6c(c5)oc5ccccc56)c4)cc32)cc1. The van der Waals surface area contributed by atoms with Crippen molar-refractivity contribution in [2.24, 2.45) is 0 Å². The summed E-state index contributed by atoms with van der Waals surface area (Å²) in [6.07, 6.45) is 0. The van der Waals surface area contributed by atoms with E-state index < -0.39 is 5.41 Å². The normalized spacial score (nSPS) is 12.8. The lowest BCUT2D eigenvalue weighted by Crippen LogP contribution is -2.28. The highest BCUT2D eigenvalue weighted by Crippen LogP contribution is 2.57. The molecule has 318 valence electrons. The van der Waals surface area contributed by atoms with Gasteiger partial charge < -0.3 is 13.7 Å². The van der Waals surface area contributed by atoms with Crippen LogP contribution < -0.4 is 4.90 Å². The quantitative estimate of drug-likeness (QED) is 0.160. The topological polar surface area (TPSA) is 29.5 Å². The van der Waals surface area contributed by atoms with Crippen LogP contribution in [-0.2, 0) is 5.41 Å². The van der Waals surface area contributed by atoms with E-state index in [1.165, 1.54) is 38.8 Å². The van der Waals surface area contributed by atoms with Crippen molar-refractivity contribution in [2.75, 3.05) is 4.90 Å². The molecule has 1 aliphatic carbocycles. The molecule has 0 radical (unpaired) electrons. The van der Waals surface area contributed by atoms with Gasteiger partial charge in [-0.2, -0.15) is 0 Å². The standard InChI is InChI=1S/C65H41NO2/c1-3-19-46(20-4-1)65(47-21-5-2-6-22-47)59-30-11-9-26-53(59)54-35-33-44(40-60(54)65)43-17-13-23-48(38-43)66(50-34-37-56-55-27-10-12-31-61(55)67-62(56)41-50)49-24-14-18-45(39-49)52-28-15-29-57-58-36-32-42-16-7-8-25-51(42)63(58)68-64(52)57/h1-41H. The maximum Gasteiger partial charge on any atom is 0.143 e. The van der Waals surface area contributed by atoms with Gasteiger partial charge in [-0.15, -0.1) is 0 Å². The van der Waals surface area contributed by atoms with Crippen LogP contribution in [0.5, 0.6) is 0 Å². The van der Waals surface area contributed by atoms with E-state index in [0.717, 1.165) is 88.6 Å². The van der Waals surface area contributed by atoms with Crippen LogP contribution in [-0.4, -0.2) is 0 Å². The lowest BCUT2D eigenvalue weighted by molar-refractivity contribution is 0.669. The minimum absolute atomic E-state index is 0.494. The van der Waals surface area contributed by atoms with E-state index in [4.69, 9.17) is 8.83 Å². The Balaban J connectivity index is 0.948. The molecule has 0 unspecified atom stereocenters. The molecule has 0 atom stereocenters. The highest BCUT2D eigenvalue weighted by Gasteiger charge is 2.46. The Hall–Kier alpha value is -8.92. The monoisotopic (exact) mass is 867 g/mol. The third-order valence-electron chi connectivity index (χ3n) is 14.3. The minimum atomic E-state index is -0.494. The number of rotatable bonds is 7. The first kappa shape index (κ1) is 38.4. The van der Waals surface area contributed by atoms with Gasteiger partial charge in [-0.05, 0) is 110 Å². The lowest BCUT2D eigenvalue weighted by atomic mass is 9.67. The number of fused-ring (bicyclic) bond motifs is 11. The number of hydrogen-bond donors (Lipinski definition) is 0. The number of furan rings is 2. The van der Waals surface area contributed by atoms with Crippen LogP contribution in [0.15, 0.2) is 258 Å². The molecule has 13 aromatic rings. The van der Waals surface area contributed by atoms with Crippen molar-refractivity contribution >= 4 is 71.7 Å². The van der Waals surface area contributed by atoms with Gasteiger partial charge in [0.2, 0.25) is 0 Å². The van der Waals surface area contributed by atoms with E-state index in [2.05, 4.69) is 241 Å². The smallest absolute Gasteiger partial charge is 0.143 e. The Labute approximate surface area is 393 Å². The average Bonchev–Trinajstić information content (AvgIpc) is 4.08. The third kappa shape index (κ3) is 5.72. The molecule has 0 spiro atoms. The van der Waals surface area contributed by atoms with Crippen LogP contribution in [0.3, 0.4) is 0 Å². The van der Waals surface area contributed by atoms with Crippen LogP contribution in [0, 0.1) is 0 Å². The Bertz CT molecular complexity index is 4060. The van der Waals surface area contributed by atoms with E-state index in [0.29, 0.717) is 0 Å². The zero-order chi connectivity index (χ0) is 44.8. The predicted molar refractivity (Wildman–Crippen MR) is 281 cm³/mol. The van der Waals surface area contributed by atoms with Crippen molar-refractivity contribution < 1.29 is 8.83 Å². The van der Waals surface area contributed by atoms with Crippen molar-refractivity contribution in [1.29, 1.82) is 0 Å². The Morgan fingerprint density at radius 1 is 0.294 bits per heavy atom. The molecule has 11 aromatic carbocycles. The highest BCUT2D eigenvalue weighted by molar-refractivity contribution is 6.17. The molecular weight excluding hydrogens is 827 g/mol. The fraction of sp³-hybridized carbons (Fsp3) is 0.0154. The Kier molecular flexibility index (Phi) is 8.50. The van der Waals surface area contributed by atoms with Crippen LogP contribution in [0.1, 0.15) is 22.3 Å². The van der Waals surface area contributed by atoms with Crippen LogP contribution in [0.25, 0.3) is 88.0 Å². The molecular formula is C65H41NO2. The fourth-order valence-electron chi connectivity index (χ4n) is 11.3. The molecule has 0 amide bonds. The molecule has 0 saturated heterocycles. The largest absolute Gasteiger partial charge is 0.456 e. The Morgan fingerprint density at radius 3 is 1.69 bits per heavy atom. The molecule has 0 fully saturated rings. The van der Waals surface area contributed by atoms with E-state index in [-0.39, 0.29) is 0 Å². The van der Waals surface area contributed by atoms with Gasteiger partial charge in [0.25, 0.3) is 0 Å². The first-order chi connectivity index (χ1) is 33.7. The molecule has 0 N–H and O–H groups in total. The van der Waals surface area contributed by atoms with Gasteiger partial charge in [0.05, 0.1) is 5.41 Å². The van der Waals surface area contributed by atoms with Crippen molar-refractivity contribution in [1.82, 2.24) is 0 Å². The fourth-order valence-corrected chi connectivity index (χ4v) is 11.3. The summed E-state index contributed by atoms with van der Waals surface area (Å²) in [5.74, 6) is 0. The molecule has 3 nitrogen and oxygen atoms in total. The van der Waals surface area contributed by atoms with Crippen molar-refractivity contribution in [3.8, 4) is 33.4 Å². The molecule has 2 aromatic heterocycles. The van der Waals surface area contributed by atoms with Crippen molar-refractivity contribution in [2.45, 2.75) is 5.41 Å². The summed E-state index contributed by atoms with van der Waals surface area (Å²) in [6.45, 7) is 0. The van der Waals surface area contributed by atoms with E-state index in [1.54, 1.807) is 0 Å².